The quantitative estimate of drug-likeness (QED) is 0.727. The normalized spacial score (nSPS) is 20.1. The van der Waals surface area contributed by atoms with Crippen molar-refractivity contribution < 1.29 is 19.4 Å². The number of nitrogens with one attached hydrogen (secondary N) is 1. The second-order valence-corrected chi connectivity index (χ2v) is 7.55. The van der Waals surface area contributed by atoms with E-state index in [4.69, 9.17) is 4.74 Å². The molecule has 0 bridgehead atoms. The molecule has 2 aromatic heterocycles. The van der Waals surface area contributed by atoms with E-state index in [1.807, 2.05) is 11.4 Å². The third-order valence-corrected chi connectivity index (χ3v) is 5.71. The van der Waals surface area contributed by atoms with Crippen LogP contribution in [0, 0.1) is 5.92 Å². The fraction of sp³-hybridized carbons (Fsp3) is 0.421. The van der Waals surface area contributed by atoms with Crippen LogP contribution in [0.15, 0.2) is 29.9 Å². The van der Waals surface area contributed by atoms with E-state index in [1.54, 1.807) is 25.6 Å². The summed E-state index contributed by atoms with van der Waals surface area (Å²) >= 11 is 1.35. The minimum absolute atomic E-state index is 0.00504. The number of ether oxygens (including phenoxy) is 1. The second kappa shape index (κ2) is 7.97. The number of aliphatic hydroxyl groups excluding tert-OH is 1. The number of nitrogens with zero attached hydrogens (tertiary/aromatic N) is 1. The fourth-order valence-corrected chi connectivity index (χ4v) is 3.97. The molecule has 0 aromatic carbocycles. The number of hydrogen-bond acceptors (Lipinski definition) is 6. The SMILES string of the molecule is COc1cncc(C(NC(=O)Cc2csc(C(C)=O)c2)C2CC(O)C2)c1. The van der Waals surface area contributed by atoms with Gasteiger partial charge in [-0.1, -0.05) is 0 Å². The summed E-state index contributed by atoms with van der Waals surface area (Å²) in [6, 6.07) is 3.41. The molecule has 0 spiro atoms. The molecular weight excluding hydrogens is 352 g/mol. The van der Waals surface area contributed by atoms with Crippen LogP contribution in [0.4, 0.5) is 0 Å². The summed E-state index contributed by atoms with van der Waals surface area (Å²) in [6.45, 7) is 1.52. The monoisotopic (exact) mass is 374 g/mol. The molecule has 2 aromatic rings. The van der Waals surface area contributed by atoms with E-state index in [0.29, 0.717) is 23.5 Å². The fourth-order valence-electron chi connectivity index (χ4n) is 3.16. The first kappa shape index (κ1) is 18.5. The highest BCUT2D eigenvalue weighted by Crippen LogP contribution is 2.38. The Kier molecular flexibility index (Phi) is 5.68. The van der Waals surface area contributed by atoms with Gasteiger partial charge in [0.25, 0.3) is 0 Å². The Balaban J connectivity index is 1.72. The second-order valence-electron chi connectivity index (χ2n) is 6.64. The lowest BCUT2D eigenvalue weighted by Gasteiger charge is -2.38. The van der Waals surface area contributed by atoms with Gasteiger partial charge in [-0.25, -0.2) is 0 Å². The van der Waals surface area contributed by atoms with Crippen molar-refractivity contribution in [1.82, 2.24) is 10.3 Å². The summed E-state index contributed by atoms with van der Waals surface area (Å²) in [6.07, 6.45) is 4.54. The average Bonchev–Trinajstić information content (AvgIpc) is 3.06. The van der Waals surface area contributed by atoms with Crippen molar-refractivity contribution in [2.75, 3.05) is 7.11 Å². The largest absolute Gasteiger partial charge is 0.495 e. The summed E-state index contributed by atoms with van der Waals surface area (Å²) in [4.78, 5) is 28.8. The maximum atomic E-state index is 12.6. The predicted octanol–water partition coefficient (Wildman–Crippen LogP) is 2.53. The number of aliphatic hydroxyl groups is 1. The number of ketones is 1. The molecule has 138 valence electrons. The number of amides is 1. The number of rotatable bonds is 7. The van der Waals surface area contributed by atoms with Gasteiger partial charge >= 0.3 is 0 Å². The molecule has 1 unspecified atom stereocenters. The summed E-state index contributed by atoms with van der Waals surface area (Å²) in [5, 5.41) is 14.6. The maximum absolute atomic E-state index is 12.6. The molecule has 1 aliphatic carbocycles. The molecule has 1 aliphatic rings. The molecule has 7 heteroatoms. The number of hydrogen-bond donors (Lipinski definition) is 2. The lowest BCUT2D eigenvalue weighted by atomic mass is 9.75. The summed E-state index contributed by atoms with van der Waals surface area (Å²) in [5.41, 5.74) is 1.69. The van der Waals surface area contributed by atoms with Gasteiger partial charge < -0.3 is 15.2 Å². The van der Waals surface area contributed by atoms with E-state index in [0.717, 1.165) is 11.1 Å². The zero-order chi connectivity index (χ0) is 18.7. The number of pyridine rings is 1. The van der Waals surface area contributed by atoms with Gasteiger partial charge in [-0.2, -0.15) is 0 Å². The highest BCUT2D eigenvalue weighted by Gasteiger charge is 2.36. The molecule has 1 fully saturated rings. The van der Waals surface area contributed by atoms with Crippen molar-refractivity contribution in [2.45, 2.75) is 38.3 Å². The summed E-state index contributed by atoms with van der Waals surface area (Å²) < 4.78 is 5.23. The van der Waals surface area contributed by atoms with E-state index in [2.05, 4.69) is 10.3 Å². The smallest absolute Gasteiger partial charge is 0.224 e. The average molecular weight is 374 g/mol. The van der Waals surface area contributed by atoms with Crippen LogP contribution in [0.5, 0.6) is 5.75 Å². The highest BCUT2D eigenvalue weighted by atomic mass is 32.1. The van der Waals surface area contributed by atoms with Gasteiger partial charge in [0.15, 0.2) is 5.78 Å². The van der Waals surface area contributed by atoms with Crippen LogP contribution in [0.2, 0.25) is 0 Å². The molecule has 0 aliphatic heterocycles. The van der Waals surface area contributed by atoms with Gasteiger partial charge in [-0.3, -0.25) is 14.6 Å². The Hall–Kier alpha value is -2.25. The number of methoxy groups -OCH3 is 1. The molecule has 2 N–H and O–H groups in total. The number of thiophene rings is 1. The topological polar surface area (TPSA) is 88.5 Å². The van der Waals surface area contributed by atoms with Crippen LogP contribution < -0.4 is 10.1 Å². The Labute approximate surface area is 156 Å². The Morgan fingerprint density at radius 2 is 2.15 bits per heavy atom. The number of carbonyl (C=O) groups is 2. The van der Waals surface area contributed by atoms with Gasteiger partial charge in [0, 0.05) is 6.20 Å². The lowest BCUT2D eigenvalue weighted by molar-refractivity contribution is -0.122. The van der Waals surface area contributed by atoms with Crippen LogP contribution in [0.3, 0.4) is 0 Å². The molecule has 3 rings (SSSR count). The summed E-state index contributed by atoms with van der Waals surface area (Å²) in [7, 11) is 1.57. The van der Waals surface area contributed by atoms with Crippen LogP contribution >= 0.6 is 11.3 Å². The maximum Gasteiger partial charge on any atom is 0.224 e. The first-order valence-electron chi connectivity index (χ1n) is 8.51. The number of aromatic nitrogens is 1. The van der Waals surface area contributed by atoms with Crippen molar-refractivity contribution in [2.24, 2.45) is 5.92 Å². The highest BCUT2D eigenvalue weighted by molar-refractivity contribution is 7.12. The molecule has 0 radical (unpaired) electrons. The van der Waals surface area contributed by atoms with Crippen LogP contribution in [-0.4, -0.2) is 35.0 Å². The Bertz CT molecular complexity index is 798. The van der Waals surface area contributed by atoms with Crippen molar-refractivity contribution in [3.63, 3.8) is 0 Å². The van der Waals surface area contributed by atoms with E-state index < -0.39 is 0 Å². The standard InChI is InChI=1S/C19H22N2O4S/c1-11(22)17-3-12(10-26-17)4-18(24)21-19(13-5-15(23)6-13)14-7-16(25-2)9-20-8-14/h3,7-10,13,15,19,23H,4-6H2,1-2H3,(H,21,24). The molecule has 6 nitrogen and oxygen atoms in total. The van der Waals surface area contributed by atoms with Gasteiger partial charge in [0.1, 0.15) is 5.75 Å². The molecular formula is C19H22N2O4S. The molecule has 2 heterocycles. The van der Waals surface area contributed by atoms with E-state index >= 15 is 0 Å². The third kappa shape index (κ3) is 4.28. The van der Waals surface area contributed by atoms with Crippen LogP contribution in [0.1, 0.15) is 46.6 Å². The van der Waals surface area contributed by atoms with Gasteiger partial charge in [-0.15, -0.1) is 11.3 Å². The van der Waals surface area contributed by atoms with Gasteiger partial charge in [-0.05, 0) is 54.3 Å². The van der Waals surface area contributed by atoms with Gasteiger partial charge in [0.2, 0.25) is 5.91 Å². The lowest BCUT2D eigenvalue weighted by Crippen LogP contribution is -2.41. The van der Waals surface area contributed by atoms with Gasteiger partial charge in [0.05, 0.1) is 36.8 Å². The van der Waals surface area contributed by atoms with E-state index in [1.165, 1.54) is 18.3 Å². The molecule has 1 amide bonds. The zero-order valence-electron chi connectivity index (χ0n) is 14.8. The van der Waals surface area contributed by atoms with E-state index in [9.17, 15) is 14.7 Å². The minimum atomic E-state index is -0.312. The first-order valence-corrected chi connectivity index (χ1v) is 9.39. The minimum Gasteiger partial charge on any atom is -0.495 e. The molecule has 26 heavy (non-hydrogen) atoms. The Morgan fingerprint density at radius 3 is 2.77 bits per heavy atom. The molecule has 0 saturated heterocycles. The Morgan fingerprint density at radius 1 is 1.38 bits per heavy atom. The molecule has 1 atom stereocenters. The third-order valence-electron chi connectivity index (χ3n) is 4.63. The zero-order valence-corrected chi connectivity index (χ0v) is 15.6. The number of Topliss-reactive ketones (excluding diaryl/α,β-unsaturated/α-hetero) is 1. The van der Waals surface area contributed by atoms with E-state index in [-0.39, 0.29) is 36.2 Å². The summed E-state index contributed by atoms with van der Waals surface area (Å²) in [5.74, 6) is 0.682. The number of carbonyl (C=O) groups excluding carboxylic acids is 2. The van der Waals surface area contributed by atoms with Crippen LogP contribution in [0.25, 0.3) is 0 Å². The van der Waals surface area contributed by atoms with Crippen molar-refractivity contribution >= 4 is 23.0 Å². The predicted molar refractivity (Wildman–Crippen MR) is 98.4 cm³/mol. The molecule has 1 saturated carbocycles. The van der Waals surface area contributed by atoms with Crippen LogP contribution in [-0.2, 0) is 11.2 Å². The van der Waals surface area contributed by atoms with Crippen molar-refractivity contribution in [1.29, 1.82) is 0 Å². The van der Waals surface area contributed by atoms with Crippen molar-refractivity contribution in [3.8, 4) is 5.75 Å². The van der Waals surface area contributed by atoms with Crippen molar-refractivity contribution in [3.05, 3.63) is 45.9 Å². The first-order chi connectivity index (χ1) is 12.5.